The third kappa shape index (κ3) is 4.42. The van der Waals surface area contributed by atoms with Crippen LogP contribution in [0.4, 0.5) is 0 Å². The summed E-state index contributed by atoms with van der Waals surface area (Å²) in [5.74, 6) is 1.16. The summed E-state index contributed by atoms with van der Waals surface area (Å²) in [7, 11) is 5.24. The Morgan fingerprint density at radius 2 is 2.05 bits per heavy atom. The topological polar surface area (TPSA) is 50.8 Å². The van der Waals surface area contributed by atoms with Crippen molar-refractivity contribution in [3.05, 3.63) is 23.8 Å². The number of carbonyl (C=O) groups is 1. The number of rotatable bonds is 7. The van der Waals surface area contributed by atoms with E-state index in [0.29, 0.717) is 11.5 Å². The minimum atomic E-state index is -0.0543. The highest BCUT2D eigenvalue weighted by molar-refractivity contribution is 5.77. The number of hydrogen-bond acceptors (Lipinski definition) is 4. The lowest BCUT2D eigenvalue weighted by atomic mass is 10.2. The first kappa shape index (κ1) is 16.3. The summed E-state index contributed by atoms with van der Waals surface area (Å²) in [6.45, 7) is 4.69. The third-order valence-corrected chi connectivity index (χ3v) is 3.13. The van der Waals surface area contributed by atoms with E-state index < -0.39 is 0 Å². The Hall–Kier alpha value is -1.75. The average Bonchev–Trinajstić information content (AvgIpc) is 2.44. The molecule has 0 saturated carbocycles. The van der Waals surface area contributed by atoms with E-state index >= 15 is 0 Å². The fourth-order valence-corrected chi connectivity index (χ4v) is 1.67. The van der Waals surface area contributed by atoms with Gasteiger partial charge in [0.2, 0.25) is 0 Å². The molecule has 0 radical (unpaired) electrons. The van der Waals surface area contributed by atoms with Crippen molar-refractivity contribution in [3.8, 4) is 11.5 Å². The van der Waals surface area contributed by atoms with E-state index in [1.54, 1.807) is 19.1 Å². The molecule has 20 heavy (non-hydrogen) atoms. The van der Waals surface area contributed by atoms with Crippen LogP contribution in [0.1, 0.15) is 19.4 Å². The van der Waals surface area contributed by atoms with E-state index in [1.165, 1.54) is 0 Å². The van der Waals surface area contributed by atoms with Gasteiger partial charge in [-0.05, 0) is 38.6 Å². The number of carbonyl (C=O) groups excluding carboxylic acids is 1. The van der Waals surface area contributed by atoms with Crippen molar-refractivity contribution in [1.29, 1.82) is 0 Å². The minimum Gasteiger partial charge on any atom is -0.493 e. The first-order valence-corrected chi connectivity index (χ1v) is 6.69. The van der Waals surface area contributed by atoms with Crippen LogP contribution in [0.5, 0.6) is 11.5 Å². The molecule has 5 heteroatoms. The fourth-order valence-electron chi connectivity index (χ4n) is 1.67. The van der Waals surface area contributed by atoms with Crippen LogP contribution in [0.3, 0.4) is 0 Å². The van der Waals surface area contributed by atoms with Crippen LogP contribution in [-0.4, -0.2) is 44.7 Å². The molecule has 0 atom stereocenters. The van der Waals surface area contributed by atoms with Crippen molar-refractivity contribution in [2.24, 2.45) is 0 Å². The molecule has 0 aromatic heterocycles. The zero-order chi connectivity index (χ0) is 15.1. The monoisotopic (exact) mass is 280 g/mol. The van der Waals surface area contributed by atoms with Gasteiger partial charge in [0.25, 0.3) is 5.91 Å². The van der Waals surface area contributed by atoms with E-state index in [-0.39, 0.29) is 18.6 Å². The van der Waals surface area contributed by atoms with Gasteiger partial charge in [-0.25, -0.2) is 0 Å². The van der Waals surface area contributed by atoms with Gasteiger partial charge in [-0.15, -0.1) is 0 Å². The van der Waals surface area contributed by atoms with Crippen molar-refractivity contribution < 1.29 is 14.3 Å². The quantitative estimate of drug-likeness (QED) is 0.825. The molecular weight excluding hydrogens is 256 g/mol. The lowest BCUT2D eigenvalue weighted by Crippen LogP contribution is -2.36. The first-order chi connectivity index (χ1) is 9.49. The van der Waals surface area contributed by atoms with Gasteiger partial charge in [0.1, 0.15) is 0 Å². The van der Waals surface area contributed by atoms with Gasteiger partial charge >= 0.3 is 0 Å². The zero-order valence-electron chi connectivity index (χ0n) is 12.9. The molecule has 0 unspecified atom stereocenters. The SMILES string of the molecule is CNCc1ccc(OCC(=O)N(C)C(C)C)c(OC)c1. The summed E-state index contributed by atoms with van der Waals surface area (Å²) in [5, 5.41) is 3.08. The zero-order valence-corrected chi connectivity index (χ0v) is 12.9. The normalized spacial score (nSPS) is 10.5. The van der Waals surface area contributed by atoms with Crippen LogP contribution in [0.15, 0.2) is 18.2 Å². The number of nitrogens with one attached hydrogen (secondary N) is 1. The van der Waals surface area contributed by atoms with Crippen LogP contribution >= 0.6 is 0 Å². The number of ether oxygens (including phenoxy) is 2. The molecule has 1 aromatic rings. The summed E-state index contributed by atoms with van der Waals surface area (Å²) < 4.78 is 10.9. The second kappa shape index (κ2) is 7.75. The highest BCUT2D eigenvalue weighted by Crippen LogP contribution is 2.28. The van der Waals surface area contributed by atoms with Gasteiger partial charge in [0, 0.05) is 19.6 Å². The molecule has 1 N–H and O–H groups in total. The Labute approximate surface area is 120 Å². The predicted octanol–water partition coefficient (Wildman–Crippen LogP) is 1.66. The van der Waals surface area contributed by atoms with Crippen LogP contribution < -0.4 is 14.8 Å². The van der Waals surface area contributed by atoms with Crippen molar-refractivity contribution in [3.63, 3.8) is 0 Å². The molecule has 0 spiro atoms. The van der Waals surface area contributed by atoms with Crippen LogP contribution in [0, 0.1) is 0 Å². The Morgan fingerprint density at radius 3 is 2.60 bits per heavy atom. The molecule has 0 bridgehead atoms. The molecule has 0 heterocycles. The number of methoxy groups -OCH3 is 1. The summed E-state index contributed by atoms with van der Waals surface area (Å²) in [5.41, 5.74) is 1.10. The molecule has 1 rings (SSSR count). The molecular formula is C15H24N2O3. The second-order valence-corrected chi connectivity index (χ2v) is 4.90. The number of amides is 1. The van der Waals surface area contributed by atoms with Gasteiger partial charge in [-0.2, -0.15) is 0 Å². The standard InChI is InChI=1S/C15H24N2O3/c1-11(2)17(4)15(18)10-20-13-7-6-12(9-16-3)8-14(13)19-5/h6-8,11,16H,9-10H2,1-5H3. The maximum absolute atomic E-state index is 11.9. The van der Waals surface area contributed by atoms with Crippen LogP contribution in [0.25, 0.3) is 0 Å². The maximum atomic E-state index is 11.9. The molecule has 0 saturated heterocycles. The highest BCUT2D eigenvalue weighted by Gasteiger charge is 2.14. The van der Waals surface area contributed by atoms with E-state index in [1.807, 2.05) is 39.1 Å². The Kier molecular flexibility index (Phi) is 6.31. The number of hydrogen-bond donors (Lipinski definition) is 1. The summed E-state index contributed by atoms with van der Waals surface area (Å²) in [6, 6.07) is 5.84. The summed E-state index contributed by atoms with van der Waals surface area (Å²) in [6.07, 6.45) is 0. The largest absolute Gasteiger partial charge is 0.493 e. The smallest absolute Gasteiger partial charge is 0.260 e. The first-order valence-electron chi connectivity index (χ1n) is 6.69. The summed E-state index contributed by atoms with van der Waals surface area (Å²) >= 11 is 0. The van der Waals surface area contributed by atoms with Gasteiger partial charge in [-0.3, -0.25) is 4.79 Å². The molecule has 1 aromatic carbocycles. The van der Waals surface area contributed by atoms with Crippen molar-refractivity contribution in [2.75, 3.05) is 27.8 Å². The maximum Gasteiger partial charge on any atom is 0.260 e. The molecule has 0 aliphatic heterocycles. The molecule has 112 valence electrons. The molecule has 0 aliphatic carbocycles. The number of nitrogens with zero attached hydrogens (tertiary/aromatic N) is 1. The molecule has 5 nitrogen and oxygen atoms in total. The lowest BCUT2D eigenvalue weighted by molar-refractivity contribution is -0.133. The summed E-state index contributed by atoms with van der Waals surface area (Å²) in [4.78, 5) is 13.5. The second-order valence-electron chi connectivity index (χ2n) is 4.90. The molecule has 1 amide bonds. The van der Waals surface area contributed by atoms with Gasteiger partial charge in [0.15, 0.2) is 18.1 Å². The Morgan fingerprint density at radius 1 is 1.35 bits per heavy atom. The molecule has 0 aliphatic rings. The predicted molar refractivity (Wildman–Crippen MR) is 79.2 cm³/mol. The van der Waals surface area contributed by atoms with Gasteiger partial charge in [0.05, 0.1) is 7.11 Å². The van der Waals surface area contributed by atoms with E-state index in [0.717, 1.165) is 12.1 Å². The van der Waals surface area contributed by atoms with Gasteiger partial charge < -0.3 is 19.7 Å². The fraction of sp³-hybridized carbons (Fsp3) is 0.533. The molecule has 0 fully saturated rings. The Balaban J connectivity index is 2.70. The van der Waals surface area contributed by atoms with Crippen molar-refractivity contribution in [1.82, 2.24) is 10.2 Å². The Bertz CT molecular complexity index is 447. The van der Waals surface area contributed by atoms with Crippen molar-refractivity contribution >= 4 is 5.91 Å². The van der Waals surface area contributed by atoms with Crippen LogP contribution in [0.2, 0.25) is 0 Å². The van der Waals surface area contributed by atoms with E-state index in [2.05, 4.69) is 5.32 Å². The number of likely N-dealkylation sites (N-methyl/N-ethyl adjacent to an activating group) is 1. The van der Waals surface area contributed by atoms with Crippen molar-refractivity contribution in [2.45, 2.75) is 26.4 Å². The lowest BCUT2D eigenvalue weighted by Gasteiger charge is -2.21. The number of benzene rings is 1. The van der Waals surface area contributed by atoms with Crippen LogP contribution in [-0.2, 0) is 11.3 Å². The minimum absolute atomic E-state index is 0.0103. The third-order valence-electron chi connectivity index (χ3n) is 3.13. The highest BCUT2D eigenvalue weighted by atomic mass is 16.5. The average molecular weight is 280 g/mol. The van der Waals surface area contributed by atoms with E-state index in [9.17, 15) is 4.79 Å². The van der Waals surface area contributed by atoms with Gasteiger partial charge in [-0.1, -0.05) is 6.07 Å². The van der Waals surface area contributed by atoms with E-state index in [4.69, 9.17) is 9.47 Å².